The second kappa shape index (κ2) is 5.64. The maximum Gasteiger partial charge on any atom is 0.226 e. The number of aliphatic carboxylic acids is 1. The summed E-state index contributed by atoms with van der Waals surface area (Å²) in [5.41, 5.74) is 0.689. The molecule has 2 aromatic rings. The van der Waals surface area contributed by atoms with Crippen molar-refractivity contribution in [3.05, 3.63) is 35.2 Å². The number of halogens is 1. The second-order valence-electron chi connectivity index (χ2n) is 3.72. The number of carbonyl (C=O) groups excluding carboxylic acids is 1. The van der Waals surface area contributed by atoms with Crippen LogP contribution in [0.2, 0.25) is 5.02 Å². The highest BCUT2D eigenvalue weighted by atomic mass is 35.5. The number of nitrogens with zero attached hydrogens (tertiary/aromatic N) is 2. The summed E-state index contributed by atoms with van der Waals surface area (Å²) in [7, 11) is 0. The minimum absolute atomic E-state index is 0.0240. The van der Waals surface area contributed by atoms with Crippen molar-refractivity contribution in [1.82, 2.24) is 10.1 Å². The van der Waals surface area contributed by atoms with Gasteiger partial charge in [-0.05, 0) is 25.0 Å². The van der Waals surface area contributed by atoms with Gasteiger partial charge in [0.05, 0.1) is 5.02 Å². The molecule has 0 fully saturated rings. The zero-order chi connectivity index (χ0) is 13.0. The van der Waals surface area contributed by atoms with Crippen molar-refractivity contribution in [3.8, 4) is 11.4 Å². The topological polar surface area (TPSA) is 79.0 Å². The number of rotatable bonds is 5. The van der Waals surface area contributed by atoms with Crippen LogP contribution in [0.15, 0.2) is 28.8 Å². The fourth-order valence-electron chi connectivity index (χ4n) is 1.49. The lowest BCUT2D eigenvalue weighted by atomic mass is 10.2. The number of hydrogen-bond donors (Lipinski definition) is 0. The number of aryl methyl sites for hydroxylation is 1. The van der Waals surface area contributed by atoms with Gasteiger partial charge >= 0.3 is 0 Å². The van der Waals surface area contributed by atoms with Gasteiger partial charge in [0.25, 0.3) is 0 Å². The van der Waals surface area contributed by atoms with Crippen molar-refractivity contribution >= 4 is 17.6 Å². The molecule has 94 valence electrons. The zero-order valence-electron chi connectivity index (χ0n) is 9.43. The van der Waals surface area contributed by atoms with E-state index in [4.69, 9.17) is 16.1 Å². The van der Waals surface area contributed by atoms with E-state index in [1.807, 2.05) is 12.1 Å². The van der Waals surface area contributed by atoms with Crippen molar-refractivity contribution in [2.75, 3.05) is 0 Å². The molecule has 1 aromatic carbocycles. The fraction of sp³-hybridized carbons (Fsp3) is 0.250. The number of hydrogen-bond acceptors (Lipinski definition) is 5. The van der Waals surface area contributed by atoms with Crippen molar-refractivity contribution in [3.63, 3.8) is 0 Å². The molecule has 0 aliphatic rings. The van der Waals surface area contributed by atoms with E-state index < -0.39 is 5.97 Å². The van der Waals surface area contributed by atoms with Gasteiger partial charge in [-0.25, -0.2) is 0 Å². The first-order valence-electron chi connectivity index (χ1n) is 5.44. The van der Waals surface area contributed by atoms with Crippen LogP contribution in [-0.2, 0) is 11.2 Å². The molecule has 18 heavy (non-hydrogen) atoms. The molecule has 0 radical (unpaired) electrons. The quantitative estimate of drug-likeness (QED) is 0.818. The molecule has 0 aliphatic carbocycles. The molecule has 0 saturated carbocycles. The molecule has 5 nitrogen and oxygen atoms in total. The van der Waals surface area contributed by atoms with E-state index in [0.29, 0.717) is 35.1 Å². The Morgan fingerprint density at radius 3 is 2.89 bits per heavy atom. The van der Waals surface area contributed by atoms with E-state index in [-0.39, 0.29) is 6.42 Å². The molecular weight excluding hydrogens is 256 g/mol. The Balaban J connectivity index is 2.06. The fourth-order valence-corrected chi connectivity index (χ4v) is 1.71. The van der Waals surface area contributed by atoms with E-state index in [0.717, 1.165) is 0 Å². The van der Waals surface area contributed by atoms with Gasteiger partial charge in [-0.2, -0.15) is 4.98 Å². The van der Waals surface area contributed by atoms with Gasteiger partial charge in [0.15, 0.2) is 0 Å². The summed E-state index contributed by atoms with van der Waals surface area (Å²) in [6, 6.07) is 7.17. The van der Waals surface area contributed by atoms with Gasteiger partial charge in [0.1, 0.15) is 0 Å². The largest absolute Gasteiger partial charge is 0.550 e. The standard InChI is InChI=1S/C12H11ClN2O3/c13-9-5-2-1-4-8(9)12-14-10(18-15-12)6-3-7-11(16)17/h1-2,4-5H,3,6-7H2,(H,16,17)/p-1. The molecule has 0 saturated heterocycles. The van der Waals surface area contributed by atoms with Crippen molar-refractivity contribution < 1.29 is 14.4 Å². The molecule has 0 unspecified atom stereocenters. The molecule has 0 N–H and O–H groups in total. The maximum absolute atomic E-state index is 10.3. The molecular formula is C12H10ClN2O3-. The molecule has 1 aromatic heterocycles. The minimum Gasteiger partial charge on any atom is -0.550 e. The average molecular weight is 266 g/mol. The van der Waals surface area contributed by atoms with Crippen LogP contribution >= 0.6 is 11.6 Å². The third kappa shape index (κ3) is 3.07. The van der Waals surface area contributed by atoms with Gasteiger partial charge in [0, 0.05) is 18.0 Å². The van der Waals surface area contributed by atoms with Crippen LogP contribution in [0, 0.1) is 0 Å². The molecule has 1 heterocycles. The first-order valence-corrected chi connectivity index (χ1v) is 5.82. The van der Waals surface area contributed by atoms with E-state index in [2.05, 4.69) is 10.1 Å². The van der Waals surface area contributed by atoms with E-state index >= 15 is 0 Å². The highest BCUT2D eigenvalue weighted by Crippen LogP contribution is 2.24. The minimum atomic E-state index is -1.08. The van der Waals surface area contributed by atoms with Gasteiger partial charge in [0.2, 0.25) is 11.7 Å². The van der Waals surface area contributed by atoms with E-state index in [9.17, 15) is 9.90 Å². The second-order valence-corrected chi connectivity index (χ2v) is 4.12. The summed E-state index contributed by atoms with van der Waals surface area (Å²) in [6.45, 7) is 0. The molecule has 0 spiro atoms. The van der Waals surface area contributed by atoms with Gasteiger partial charge in [-0.15, -0.1) is 0 Å². The van der Waals surface area contributed by atoms with Gasteiger partial charge in [-0.1, -0.05) is 28.9 Å². The van der Waals surface area contributed by atoms with E-state index in [1.165, 1.54) is 0 Å². The van der Waals surface area contributed by atoms with Crippen LogP contribution in [0.1, 0.15) is 18.7 Å². The Bertz CT molecular complexity index is 554. The average Bonchev–Trinajstić information content (AvgIpc) is 2.78. The number of carboxylic acid groups (broad SMARTS) is 1. The molecule has 2 rings (SSSR count). The number of carbonyl (C=O) groups is 1. The zero-order valence-corrected chi connectivity index (χ0v) is 10.2. The van der Waals surface area contributed by atoms with Crippen LogP contribution < -0.4 is 5.11 Å². The molecule has 6 heteroatoms. The summed E-state index contributed by atoms with van der Waals surface area (Å²) in [4.78, 5) is 14.4. The van der Waals surface area contributed by atoms with E-state index in [1.54, 1.807) is 12.1 Å². The molecule has 0 aliphatic heterocycles. The van der Waals surface area contributed by atoms with Crippen molar-refractivity contribution in [2.45, 2.75) is 19.3 Å². The predicted molar refractivity (Wildman–Crippen MR) is 62.7 cm³/mol. The predicted octanol–water partition coefficient (Wildman–Crippen LogP) is 1.46. The molecule has 0 amide bonds. The number of aromatic nitrogens is 2. The van der Waals surface area contributed by atoms with Crippen LogP contribution in [-0.4, -0.2) is 16.1 Å². The SMILES string of the molecule is O=C([O-])CCCc1nc(-c2ccccc2Cl)no1. The summed E-state index contributed by atoms with van der Waals surface area (Å²) in [6.07, 6.45) is 0.793. The van der Waals surface area contributed by atoms with Crippen molar-refractivity contribution in [1.29, 1.82) is 0 Å². The van der Waals surface area contributed by atoms with Gasteiger partial charge in [-0.3, -0.25) is 0 Å². The van der Waals surface area contributed by atoms with Crippen LogP contribution in [0.3, 0.4) is 0 Å². The van der Waals surface area contributed by atoms with Crippen LogP contribution in [0.25, 0.3) is 11.4 Å². The first-order chi connectivity index (χ1) is 8.66. The summed E-state index contributed by atoms with van der Waals surface area (Å²) in [5, 5.41) is 14.6. The third-order valence-corrected chi connectivity index (χ3v) is 2.68. The third-order valence-electron chi connectivity index (χ3n) is 2.35. The molecule has 0 bridgehead atoms. The first kappa shape index (κ1) is 12.6. The number of benzene rings is 1. The Hall–Kier alpha value is -1.88. The summed E-state index contributed by atoms with van der Waals surface area (Å²) < 4.78 is 5.02. The Labute approximate surface area is 108 Å². The Kier molecular flexibility index (Phi) is 3.94. The Morgan fingerprint density at radius 2 is 2.17 bits per heavy atom. The smallest absolute Gasteiger partial charge is 0.226 e. The monoisotopic (exact) mass is 265 g/mol. The Morgan fingerprint density at radius 1 is 1.39 bits per heavy atom. The van der Waals surface area contributed by atoms with Crippen molar-refractivity contribution in [2.24, 2.45) is 0 Å². The normalized spacial score (nSPS) is 10.5. The lowest BCUT2D eigenvalue weighted by Crippen LogP contribution is -2.21. The van der Waals surface area contributed by atoms with Crippen LogP contribution in [0.4, 0.5) is 0 Å². The highest BCUT2D eigenvalue weighted by molar-refractivity contribution is 6.33. The van der Waals surface area contributed by atoms with Gasteiger partial charge < -0.3 is 14.4 Å². The highest BCUT2D eigenvalue weighted by Gasteiger charge is 2.10. The maximum atomic E-state index is 10.3. The summed E-state index contributed by atoms with van der Waals surface area (Å²) >= 11 is 6.01. The summed E-state index contributed by atoms with van der Waals surface area (Å²) in [5.74, 6) is -0.281. The lowest BCUT2D eigenvalue weighted by molar-refractivity contribution is -0.305. The van der Waals surface area contributed by atoms with Crippen LogP contribution in [0.5, 0.6) is 0 Å². The molecule has 0 atom stereocenters. The lowest BCUT2D eigenvalue weighted by Gasteiger charge is -1.98. The number of carboxylic acids is 1.